The van der Waals surface area contributed by atoms with Crippen LogP contribution in [0.4, 0.5) is 0 Å². The molecule has 2 rings (SSSR count). The second kappa shape index (κ2) is 1.66. The Labute approximate surface area is 54.7 Å². The molecule has 1 aliphatic carbocycles. The summed E-state index contributed by atoms with van der Waals surface area (Å²) in [4.78, 5) is 0. The summed E-state index contributed by atoms with van der Waals surface area (Å²) in [6, 6.07) is 0. The maximum absolute atomic E-state index is 4.18. The Bertz CT molecular complexity index is 150. The van der Waals surface area contributed by atoms with E-state index in [0.717, 1.165) is 0 Å². The van der Waals surface area contributed by atoms with Crippen LogP contribution >= 0.6 is 0 Å². The largest absolute Gasteiger partial charge is 0.178 e. The van der Waals surface area contributed by atoms with Crippen LogP contribution in [0.15, 0.2) is 22.5 Å². The van der Waals surface area contributed by atoms with Gasteiger partial charge in [0.15, 0.2) is 0 Å². The first-order valence-corrected chi connectivity index (χ1v) is 3.51. The van der Waals surface area contributed by atoms with E-state index in [1.807, 2.05) is 6.20 Å². The van der Waals surface area contributed by atoms with Crippen LogP contribution in [-0.4, -0.2) is 5.54 Å². The Balaban J connectivity index is 2.23. The van der Waals surface area contributed by atoms with Gasteiger partial charge in [0.2, 0.25) is 0 Å². The van der Waals surface area contributed by atoms with E-state index in [0.29, 0.717) is 0 Å². The molecule has 0 unspecified atom stereocenters. The van der Waals surface area contributed by atoms with Gasteiger partial charge in [-0.25, -0.2) is 0 Å². The fourth-order valence-corrected chi connectivity index (χ4v) is 1.61. The lowest BCUT2D eigenvalue weighted by Crippen LogP contribution is -2.14. The molecule has 1 saturated carbocycles. The van der Waals surface area contributed by atoms with Gasteiger partial charge in [-0.05, 0) is 18.9 Å². The normalized spacial score (nSPS) is 28.4. The van der Waals surface area contributed by atoms with Crippen LogP contribution in [0.3, 0.4) is 0 Å². The lowest BCUT2D eigenvalue weighted by molar-refractivity contribution is 0.545. The van der Waals surface area contributed by atoms with Crippen LogP contribution in [0.2, 0.25) is 0 Å². The lowest BCUT2D eigenvalue weighted by atomic mass is 10.0. The molecular formula is C7H10N2. The van der Waals surface area contributed by atoms with E-state index < -0.39 is 0 Å². The summed E-state index contributed by atoms with van der Waals surface area (Å²) in [5, 5.41) is 8.04. The van der Waals surface area contributed by atoms with Gasteiger partial charge in [-0.15, -0.1) is 0 Å². The van der Waals surface area contributed by atoms with Crippen molar-refractivity contribution >= 4 is 0 Å². The van der Waals surface area contributed by atoms with E-state index in [-0.39, 0.29) is 5.54 Å². The lowest BCUT2D eigenvalue weighted by Gasteiger charge is -2.11. The molecule has 0 radical (unpaired) electrons. The van der Waals surface area contributed by atoms with Crippen molar-refractivity contribution < 1.29 is 0 Å². The Morgan fingerprint density at radius 2 is 2.00 bits per heavy atom. The number of hydrogen-bond acceptors (Lipinski definition) is 2. The predicted molar refractivity (Wildman–Crippen MR) is 35.2 cm³/mol. The smallest absolute Gasteiger partial charge is 0.102 e. The van der Waals surface area contributed by atoms with Crippen molar-refractivity contribution in [2.45, 2.75) is 31.2 Å². The molecule has 0 aromatic heterocycles. The molecule has 0 amide bonds. The van der Waals surface area contributed by atoms with Crippen LogP contribution in [0.5, 0.6) is 0 Å². The zero-order valence-corrected chi connectivity index (χ0v) is 5.38. The summed E-state index contributed by atoms with van der Waals surface area (Å²) >= 11 is 0. The molecule has 1 aliphatic heterocycles. The van der Waals surface area contributed by atoms with Crippen molar-refractivity contribution in [1.29, 1.82) is 0 Å². The van der Waals surface area contributed by atoms with Gasteiger partial charge < -0.3 is 0 Å². The van der Waals surface area contributed by atoms with E-state index in [2.05, 4.69) is 16.3 Å². The van der Waals surface area contributed by atoms with Crippen molar-refractivity contribution in [1.82, 2.24) is 0 Å². The third kappa shape index (κ3) is 0.696. The highest BCUT2D eigenvalue weighted by molar-refractivity contribution is 5.11. The van der Waals surface area contributed by atoms with E-state index in [9.17, 15) is 0 Å². The zero-order valence-electron chi connectivity index (χ0n) is 5.38. The van der Waals surface area contributed by atoms with Gasteiger partial charge in [0.1, 0.15) is 5.54 Å². The minimum atomic E-state index is 0.167. The summed E-state index contributed by atoms with van der Waals surface area (Å²) in [6.07, 6.45) is 9.04. The Morgan fingerprint density at radius 3 is 2.56 bits per heavy atom. The molecule has 2 aliphatic rings. The van der Waals surface area contributed by atoms with Gasteiger partial charge >= 0.3 is 0 Å². The highest BCUT2D eigenvalue weighted by Gasteiger charge is 2.32. The minimum Gasteiger partial charge on any atom is -0.178 e. The van der Waals surface area contributed by atoms with E-state index >= 15 is 0 Å². The highest BCUT2D eigenvalue weighted by Crippen LogP contribution is 2.36. The van der Waals surface area contributed by atoms with Gasteiger partial charge in [-0.1, -0.05) is 12.8 Å². The van der Waals surface area contributed by atoms with Crippen molar-refractivity contribution in [2.75, 3.05) is 0 Å². The van der Waals surface area contributed by atoms with Crippen LogP contribution < -0.4 is 0 Å². The standard InChI is InChI=1S/C7H10N2/c1-2-4-7(3-1)5-6-8-9-7/h5-6H,1-4H2. The summed E-state index contributed by atoms with van der Waals surface area (Å²) < 4.78 is 0. The van der Waals surface area contributed by atoms with Crippen molar-refractivity contribution in [3.63, 3.8) is 0 Å². The van der Waals surface area contributed by atoms with E-state index in [1.165, 1.54) is 25.7 Å². The second-order valence-electron chi connectivity index (χ2n) is 2.84. The summed E-state index contributed by atoms with van der Waals surface area (Å²) in [5.41, 5.74) is 0.167. The van der Waals surface area contributed by atoms with Gasteiger partial charge in [-0.3, -0.25) is 0 Å². The summed E-state index contributed by atoms with van der Waals surface area (Å²) in [5.74, 6) is 0. The quantitative estimate of drug-likeness (QED) is 0.471. The van der Waals surface area contributed by atoms with Gasteiger partial charge in [0.05, 0.1) is 0 Å². The Kier molecular flexibility index (Phi) is 0.949. The first-order valence-electron chi connectivity index (χ1n) is 3.51. The number of hydrogen-bond donors (Lipinski definition) is 0. The number of azo groups is 1. The Hall–Kier alpha value is -0.660. The van der Waals surface area contributed by atoms with E-state index in [4.69, 9.17) is 0 Å². The minimum absolute atomic E-state index is 0.167. The first kappa shape index (κ1) is 5.15. The molecule has 0 saturated heterocycles. The fourth-order valence-electron chi connectivity index (χ4n) is 1.61. The van der Waals surface area contributed by atoms with Crippen molar-refractivity contribution in [2.24, 2.45) is 10.2 Å². The van der Waals surface area contributed by atoms with Gasteiger partial charge in [0, 0.05) is 6.20 Å². The molecule has 0 atom stereocenters. The molecule has 2 heteroatoms. The highest BCUT2D eigenvalue weighted by atomic mass is 15.2. The molecule has 48 valence electrons. The Morgan fingerprint density at radius 1 is 1.22 bits per heavy atom. The van der Waals surface area contributed by atoms with Crippen molar-refractivity contribution in [3.05, 3.63) is 12.3 Å². The van der Waals surface area contributed by atoms with Crippen molar-refractivity contribution in [3.8, 4) is 0 Å². The molecule has 0 aromatic rings. The average Bonchev–Trinajstić information content (AvgIpc) is 2.45. The molecule has 0 aromatic carbocycles. The van der Waals surface area contributed by atoms with Crippen LogP contribution in [-0.2, 0) is 0 Å². The predicted octanol–water partition coefficient (Wildman–Crippen LogP) is 2.28. The topological polar surface area (TPSA) is 24.7 Å². The average molecular weight is 122 g/mol. The summed E-state index contributed by atoms with van der Waals surface area (Å²) in [7, 11) is 0. The maximum Gasteiger partial charge on any atom is 0.102 e. The maximum atomic E-state index is 4.18. The zero-order chi connectivity index (χ0) is 6.16. The monoisotopic (exact) mass is 122 g/mol. The van der Waals surface area contributed by atoms with Crippen LogP contribution in [0, 0.1) is 0 Å². The molecule has 0 N–H and O–H groups in total. The SMILES string of the molecule is C1=CC2(CCCC2)N=N1. The molecular weight excluding hydrogens is 112 g/mol. The third-order valence-electron chi connectivity index (χ3n) is 2.18. The molecule has 9 heavy (non-hydrogen) atoms. The molecule has 1 heterocycles. The van der Waals surface area contributed by atoms with E-state index in [1.54, 1.807) is 0 Å². The second-order valence-corrected chi connectivity index (χ2v) is 2.84. The first-order chi connectivity index (χ1) is 4.41. The molecule has 0 bridgehead atoms. The fraction of sp³-hybridized carbons (Fsp3) is 0.714. The molecule has 1 spiro atoms. The van der Waals surface area contributed by atoms with Crippen LogP contribution in [0.25, 0.3) is 0 Å². The van der Waals surface area contributed by atoms with Gasteiger partial charge in [0.25, 0.3) is 0 Å². The number of rotatable bonds is 0. The number of nitrogens with zero attached hydrogens (tertiary/aromatic N) is 2. The van der Waals surface area contributed by atoms with Crippen LogP contribution in [0.1, 0.15) is 25.7 Å². The van der Waals surface area contributed by atoms with Gasteiger partial charge in [-0.2, -0.15) is 10.2 Å². The molecule has 2 nitrogen and oxygen atoms in total. The third-order valence-corrected chi connectivity index (χ3v) is 2.18. The molecule has 1 fully saturated rings. The summed E-state index contributed by atoms with van der Waals surface area (Å²) in [6.45, 7) is 0.